The number of ether oxygens (including phenoxy) is 2. The summed E-state index contributed by atoms with van der Waals surface area (Å²) in [6, 6.07) is 8.14. The first-order chi connectivity index (χ1) is 9.33. The average molecular weight is 261 g/mol. The molecule has 2 rings (SSSR count). The van der Waals surface area contributed by atoms with Gasteiger partial charge in [0.1, 0.15) is 12.7 Å². The minimum absolute atomic E-state index is 0.174. The quantitative estimate of drug-likeness (QED) is 0.717. The predicted octanol–water partition coefficient (Wildman–Crippen LogP) is 2.21. The summed E-state index contributed by atoms with van der Waals surface area (Å²) in [7, 11) is 0. The number of rotatable bonds is 7. The van der Waals surface area contributed by atoms with Crippen molar-refractivity contribution in [1.29, 1.82) is 0 Å². The monoisotopic (exact) mass is 261 g/mol. The van der Waals surface area contributed by atoms with Crippen molar-refractivity contribution in [3.63, 3.8) is 0 Å². The largest absolute Gasteiger partial charge is 0.353 e. The van der Waals surface area contributed by atoms with E-state index < -0.39 is 0 Å². The molecule has 0 aliphatic heterocycles. The molecule has 0 saturated heterocycles. The molecule has 2 aromatic rings. The van der Waals surface area contributed by atoms with Gasteiger partial charge < -0.3 is 9.47 Å². The van der Waals surface area contributed by atoms with Crippen LogP contribution in [0.4, 0.5) is 0 Å². The Balaban J connectivity index is 2.01. The summed E-state index contributed by atoms with van der Waals surface area (Å²) in [6.45, 7) is 5.25. The van der Waals surface area contributed by atoms with Crippen molar-refractivity contribution in [3.8, 4) is 5.69 Å². The number of benzene rings is 1. The van der Waals surface area contributed by atoms with E-state index in [0.29, 0.717) is 13.2 Å². The van der Waals surface area contributed by atoms with Crippen LogP contribution in [0.2, 0.25) is 0 Å². The van der Waals surface area contributed by atoms with Crippen molar-refractivity contribution >= 4 is 0 Å². The average Bonchev–Trinajstić information content (AvgIpc) is 2.94. The summed E-state index contributed by atoms with van der Waals surface area (Å²) >= 11 is 0. The topological polar surface area (TPSA) is 49.2 Å². The first-order valence-electron chi connectivity index (χ1n) is 6.50. The fourth-order valence-electron chi connectivity index (χ4n) is 1.86. The lowest BCUT2D eigenvalue weighted by molar-refractivity contribution is -0.134. The molecule has 0 atom stereocenters. The minimum atomic E-state index is -0.174. The molecule has 0 amide bonds. The normalized spacial score (nSPS) is 11.1. The Morgan fingerprint density at radius 3 is 2.32 bits per heavy atom. The molecule has 0 N–H and O–H groups in total. The highest BCUT2D eigenvalue weighted by Crippen LogP contribution is 2.11. The summed E-state index contributed by atoms with van der Waals surface area (Å²) in [5, 5.41) is 4.09. The Hall–Kier alpha value is -1.72. The van der Waals surface area contributed by atoms with Crippen LogP contribution in [-0.2, 0) is 15.9 Å². The second-order valence-electron chi connectivity index (χ2n) is 4.05. The molecule has 0 aliphatic rings. The Morgan fingerprint density at radius 2 is 1.79 bits per heavy atom. The maximum Gasteiger partial charge on any atom is 0.161 e. The van der Waals surface area contributed by atoms with Crippen molar-refractivity contribution in [2.75, 3.05) is 13.2 Å². The van der Waals surface area contributed by atoms with Crippen LogP contribution in [0.25, 0.3) is 5.69 Å². The van der Waals surface area contributed by atoms with Crippen molar-refractivity contribution in [3.05, 3.63) is 42.5 Å². The Morgan fingerprint density at radius 1 is 1.11 bits per heavy atom. The van der Waals surface area contributed by atoms with Crippen molar-refractivity contribution < 1.29 is 9.47 Å². The van der Waals surface area contributed by atoms with Gasteiger partial charge in [0, 0.05) is 19.6 Å². The van der Waals surface area contributed by atoms with E-state index in [2.05, 4.69) is 22.2 Å². The molecule has 0 saturated carbocycles. The molecule has 1 aromatic heterocycles. The summed E-state index contributed by atoms with van der Waals surface area (Å²) < 4.78 is 12.8. The van der Waals surface area contributed by atoms with E-state index in [1.54, 1.807) is 11.0 Å². The lowest BCUT2D eigenvalue weighted by Crippen LogP contribution is -2.20. The first-order valence-corrected chi connectivity index (χ1v) is 6.50. The number of nitrogens with zero attached hydrogens (tertiary/aromatic N) is 3. The molecule has 1 aromatic carbocycles. The highest BCUT2D eigenvalue weighted by atomic mass is 16.7. The van der Waals surface area contributed by atoms with Gasteiger partial charge in [-0.2, -0.15) is 5.10 Å². The van der Waals surface area contributed by atoms with E-state index >= 15 is 0 Å². The number of hydrogen-bond acceptors (Lipinski definition) is 4. The van der Waals surface area contributed by atoms with Crippen LogP contribution < -0.4 is 0 Å². The van der Waals surface area contributed by atoms with Crippen LogP contribution >= 0.6 is 0 Å². The lowest BCUT2D eigenvalue weighted by atomic mass is 10.1. The molecular formula is C14H19N3O2. The van der Waals surface area contributed by atoms with Gasteiger partial charge in [0.05, 0.1) is 5.69 Å². The van der Waals surface area contributed by atoms with Crippen LogP contribution in [0, 0.1) is 0 Å². The Labute approximate surface area is 113 Å². The molecule has 0 fully saturated rings. The standard InChI is InChI=1S/C14H19N3O2/c1-3-18-14(19-4-2)9-12-5-7-13(8-6-12)17-11-15-10-16-17/h5-8,10-11,14H,3-4,9H2,1-2H3. The van der Waals surface area contributed by atoms with Gasteiger partial charge in [0.15, 0.2) is 6.29 Å². The Bertz CT molecular complexity index is 462. The summed E-state index contributed by atoms with van der Waals surface area (Å²) in [5.41, 5.74) is 2.17. The molecule has 1 heterocycles. The van der Waals surface area contributed by atoms with E-state index in [1.807, 2.05) is 26.0 Å². The minimum Gasteiger partial charge on any atom is -0.353 e. The zero-order valence-corrected chi connectivity index (χ0v) is 11.3. The van der Waals surface area contributed by atoms with Gasteiger partial charge in [-0.25, -0.2) is 9.67 Å². The number of hydrogen-bond donors (Lipinski definition) is 0. The van der Waals surface area contributed by atoms with Gasteiger partial charge in [0.25, 0.3) is 0 Å². The van der Waals surface area contributed by atoms with Gasteiger partial charge in [-0.15, -0.1) is 0 Å². The zero-order chi connectivity index (χ0) is 13.5. The van der Waals surface area contributed by atoms with Crippen LogP contribution in [-0.4, -0.2) is 34.3 Å². The summed E-state index contributed by atoms with van der Waals surface area (Å²) in [4.78, 5) is 3.93. The molecule has 0 spiro atoms. The van der Waals surface area contributed by atoms with Gasteiger partial charge in [-0.3, -0.25) is 0 Å². The third-order valence-corrected chi connectivity index (χ3v) is 2.73. The highest BCUT2D eigenvalue weighted by molar-refractivity contribution is 5.33. The Kier molecular flexibility index (Phi) is 5.06. The lowest BCUT2D eigenvalue weighted by Gasteiger charge is -2.17. The molecule has 5 heteroatoms. The molecular weight excluding hydrogens is 242 g/mol. The predicted molar refractivity (Wildman–Crippen MR) is 72.1 cm³/mol. The summed E-state index contributed by atoms with van der Waals surface area (Å²) in [6.07, 6.45) is 3.78. The molecule has 5 nitrogen and oxygen atoms in total. The van der Waals surface area contributed by atoms with E-state index in [9.17, 15) is 0 Å². The molecule has 0 radical (unpaired) electrons. The highest BCUT2D eigenvalue weighted by Gasteiger charge is 2.09. The van der Waals surface area contributed by atoms with Crippen molar-refractivity contribution in [1.82, 2.24) is 14.8 Å². The SMILES string of the molecule is CCOC(Cc1ccc(-n2cncn2)cc1)OCC. The first kappa shape index (κ1) is 13.7. The van der Waals surface area contributed by atoms with Gasteiger partial charge in [-0.05, 0) is 31.5 Å². The third-order valence-electron chi connectivity index (χ3n) is 2.73. The second kappa shape index (κ2) is 7.01. The number of aromatic nitrogens is 3. The smallest absolute Gasteiger partial charge is 0.161 e. The molecule has 102 valence electrons. The van der Waals surface area contributed by atoms with Crippen molar-refractivity contribution in [2.45, 2.75) is 26.6 Å². The van der Waals surface area contributed by atoms with Gasteiger partial charge >= 0.3 is 0 Å². The third kappa shape index (κ3) is 3.87. The van der Waals surface area contributed by atoms with E-state index in [-0.39, 0.29) is 6.29 Å². The molecule has 0 aliphatic carbocycles. The van der Waals surface area contributed by atoms with Crippen molar-refractivity contribution in [2.24, 2.45) is 0 Å². The zero-order valence-electron chi connectivity index (χ0n) is 11.3. The van der Waals surface area contributed by atoms with E-state index in [4.69, 9.17) is 9.47 Å². The van der Waals surface area contributed by atoms with E-state index in [0.717, 1.165) is 12.1 Å². The molecule has 0 bridgehead atoms. The second-order valence-corrected chi connectivity index (χ2v) is 4.05. The van der Waals surface area contributed by atoms with Crippen LogP contribution in [0.3, 0.4) is 0 Å². The van der Waals surface area contributed by atoms with Gasteiger partial charge in [0.2, 0.25) is 0 Å². The van der Waals surface area contributed by atoms with Crippen LogP contribution in [0.5, 0.6) is 0 Å². The van der Waals surface area contributed by atoms with Crippen LogP contribution in [0.15, 0.2) is 36.9 Å². The molecule has 0 unspecified atom stereocenters. The maximum atomic E-state index is 5.54. The summed E-state index contributed by atoms with van der Waals surface area (Å²) in [5.74, 6) is 0. The van der Waals surface area contributed by atoms with Crippen LogP contribution in [0.1, 0.15) is 19.4 Å². The fraction of sp³-hybridized carbons (Fsp3) is 0.429. The van der Waals surface area contributed by atoms with E-state index in [1.165, 1.54) is 11.9 Å². The van der Waals surface area contributed by atoms with Gasteiger partial charge in [-0.1, -0.05) is 12.1 Å². The molecule has 19 heavy (non-hydrogen) atoms. The maximum absolute atomic E-state index is 5.54. The fourth-order valence-corrected chi connectivity index (χ4v) is 1.86.